The second-order valence-corrected chi connectivity index (χ2v) is 5.56. The molecule has 0 aromatic rings. The van der Waals surface area contributed by atoms with Crippen molar-refractivity contribution in [2.45, 2.75) is 58.8 Å². The predicted molar refractivity (Wildman–Crippen MR) is 62.2 cm³/mol. The molecule has 0 amide bonds. The standard InChI is InChI=1S/C14H24/c1-3-4-5-6-12(2)14-9-7-13(11-14)8-10-14/h3-4,12-13H,5-11H2,1-2H3. The molecule has 0 aliphatic heterocycles. The molecule has 2 aliphatic rings. The van der Waals surface area contributed by atoms with Gasteiger partial charge in [0.05, 0.1) is 0 Å². The number of allylic oxidation sites excluding steroid dienone is 2. The van der Waals surface area contributed by atoms with E-state index in [2.05, 4.69) is 26.0 Å². The Morgan fingerprint density at radius 1 is 1.36 bits per heavy atom. The predicted octanol–water partition coefficient (Wildman–Crippen LogP) is 4.56. The Morgan fingerprint density at radius 2 is 2.07 bits per heavy atom. The van der Waals surface area contributed by atoms with E-state index in [9.17, 15) is 0 Å². The van der Waals surface area contributed by atoms with E-state index in [1.54, 1.807) is 6.42 Å². The fourth-order valence-electron chi connectivity index (χ4n) is 3.75. The van der Waals surface area contributed by atoms with Crippen molar-refractivity contribution in [1.29, 1.82) is 0 Å². The molecule has 2 bridgehead atoms. The summed E-state index contributed by atoms with van der Waals surface area (Å²) in [6.07, 6.45) is 14.9. The monoisotopic (exact) mass is 192 g/mol. The quantitative estimate of drug-likeness (QED) is 0.573. The summed E-state index contributed by atoms with van der Waals surface area (Å²) in [5, 5.41) is 0. The second kappa shape index (κ2) is 4.08. The van der Waals surface area contributed by atoms with Crippen LogP contribution in [0.5, 0.6) is 0 Å². The maximum absolute atomic E-state index is 2.50. The molecule has 0 nitrogen and oxygen atoms in total. The molecule has 80 valence electrons. The van der Waals surface area contributed by atoms with E-state index >= 15 is 0 Å². The molecule has 14 heavy (non-hydrogen) atoms. The summed E-state index contributed by atoms with van der Waals surface area (Å²) < 4.78 is 0. The third kappa shape index (κ3) is 1.76. The summed E-state index contributed by atoms with van der Waals surface area (Å²) >= 11 is 0. The lowest BCUT2D eigenvalue weighted by Gasteiger charge is -2.33. The van der Waals surface area contributed by atoms with Crippen LogP contribution in [0, 0.1) is 17.3 Å². The molecule has 0 aromatic carbocycles. The third-order valence-corrected chi connectivity index (χ3v) is 4.84. The van der Waals surface area contributed by atoms with Gasteiger partial charge in [-0.2, -0.15) is 0 Å². The van der Waals surface area contributed by atoms with E-state index in [0.29, 0.717) is 0 Å². The van der Waals surface area contributed by atoms with Crippen LogP contribution in [0.4, 0.5) is 0 Å². The fourth-order valence-corrected chi connectivity index (χ4v) is 3.75. The van der Waals surface area contributed by atoms with E-state index in [-0.39, 0.29) is 0 Å². The van der Waals surface area contributed by atoms with Gasteiger partial charge in [-0.25, -0.2) is 0 Å². The molecule has 1 unspecified atom stereocenters. The van der Waals surface area contributed by atoms with Crippen molar-refractivity contribution in [2.24, 2.45) is 17.3 Å². The van der Waals surface area contributed by atoms with Gasteiger partial charge in [-0.15, -0.1) is 0 Å². The summed E-state index contributed by atoms with van der Waals surface area (Å²) in [7, 11) is 0. The first-order chi connectivity index (χ1) is 6.77. The molecule has 2 saturated carbocycles. The van der Waals surface area contributed by atoms with E-state index in [1.807, 2.05) is 0 Å². The lowest BCUT2D eigenvalue weighted by Crippen LogP contribution is -2.23. The van der Waals surface area contributed by atoms with Crippen LogP contribution in [0.3, 0.4) is 0 Å². The first-order valence-electron chi connectivity index (χ1n) is 6.38. The molecule has 1 atom stereocenters. The van der Waals surface area contributed by atoms with Crippen molar-refractivity contribution >= 4 is 0 Å². The first kappa shape index (κ1) is 10.3. The van der Waals surface area contributed by atoms with Gasteiger partial charge in [0.1, 0.15) is 0 Å². The summed E-state index contributed by atoms with van der Waals surface area (Å²) in [6.45, 7) is 4.63. The van der Waals surface area contributed by atoms with Crippen LogP contribution in [0.2, 0.25) is 0 Å². The highest BCUT2D eigenvalue weighted by Crippen LogP contribution is 2.58. The summed E-state index contributed by atoms with van der Waals surface area (Å²) in [5.74, 6) is 2.07. The zero-order chi connectivity index (χ0) is 10.0. The van der Waals surface area contributed by atoms with E-state index in [4.69, 9.17) is 0 Å². The maximum atomic E-state index is 2.50. The van der Waals surface area contributed by atoms with Crippen molar-refractivity contribution in [3.8, 4) is 0 Å². The molecular weight excluding hydrogens is 168 g/mol. The van der Waals surface area contributed by atoms with Crippen molar-refractivity contribution in [1.82, 2.24) is 0 Å². The van der Waals surface area contributed by atoms with Crippen LogP contribution in [0.25, 0.3) is 0 Å². The molecule has 0 heterocycles. The first-order valence-corrected chi connectivity index (χ1v) is 6.38. The molecule has 0 heteroatoms. The van der Waals surface area contributed by atoms with Gasteiger partial charge in [0.2, 0.25) is 0 Å². The third-order valence-electron chi connectivity index (χ3n) is 4.84. The van der Waals surface area contributed by atoms with E-state index < -0.39 is 0 Å². The highest BCUT2D eigenvalue weighted by atomic mass is 14.5. The average Bonchev–Trinajstić information content (AvgIpc) is 2.78. The molecule has 2 fully saturated rings. The number of hydrogen-bond donors (Lipinski definition) is 0. The van der Waals surface area contributed by atoms with Crippen LogP contribution in [0.15, 0.2) is 12.2 Å². The van der Waals surface area contributed by atoms with Crippen LogP contribution in [-0.2, 0) is 0 Å². The lowest BCUT2D eigenvalue weighted by atomic mass is 9.72. The van der Waals surface area contributed by atoms with Gasteiger partial charge in [-0.3, -0.25) is 0 Å². The van der Waals surface area contributed by atoms with Gasteiger partial charge in [0.25, 0.3) is 0 Å². The largest absolute Gasteiger partial charge is 0.0917 e. The Morgan fingerprint density at radius 3 is 2.57 bits per heavy atom. The number of fused-ring (bicyclic) bond motifs is 2. The SMILES string of the molecule is CC=CCCC(C)C12CCC(CC1)C2. The minimum absolute atomic E-state index is 0.784. The highest BCUT2D eigenvalue weighted by Gasteiger charge is 2.47. The number of rotatable bonds is 4. The van der Waals surface area contributed by atoms with Gasteiger partial charge in [-0.1, -0.05) is 19.1 Å². The van der Waals surface area contributed by atoms with Crippen LogP contribution in [-0.4, -0.2) is 0 Å². The van der Waals surface area contributed by atoms with Crippen molar-refractivity contribution < 1.29 is 0 Å². The van der Waals surface area contributed by atoms with Gasteiger partial charge >= 0.3 is 0 Å². The Bertz CT molecular complexity index is 206. The minimum Gasteiger partial charge on any atom is -0.0917 e. The molecule has 0 spiro atoms. The van der Waals surface area contributed by atoms with Crippen molar-refractivity contribution in [2.75, 3.05) is 0 Å². The molecule has 0 aromatic heterocycles. The summed E-state index contributed by atoms with van der Waals surface area (Å²) in [6, 6.07) is 0. The zero-order valence-electron chi connectivity index (χ0n) is 9.76. The second-order valence-electron chi connectivity index (χ2n) is 5.56. The Labute approximate surface area is 88.8 Å². The van der Waals surface area contributed by atoms with E-state index in [0.717, 1.165) is 17.3 Å². The molecule has 0 N–H and O–H groups in total. The van der Waals surface area contributed by atoms with Crippen LogP contribution >= 0.6 is 0 Å². The summed E-state index contributed by atoms with van der Waals surface area (Å²) in [4.78, 5) is 0. The average molecular weight is 192 g/mol. The Hall–Kier alpha value is -0.260. The minimum atomic E-state index is 0.784. The topological polar surface area (TPSA) is 0 Å². The molecular formula is C14H24. The van der Waals surface area contributed by atoms with Gasteiger partial charge in [0.15, 0.2) is 0 Å². The maximum Gasteiger partial charge on any atom is -0.0269 e. The van der Waals surface area contributed by atoms with Crippen molar-refractivity contribution in [3.63, 3.8) is 0 Å². The molecule has 0 saturated heterocycles. The zero-order valence-corrected chi connectivity index (χ0v) is 9.76. The lowest BCUT2D eigenvalue weighted by molar-refractivity contribution is 0.174. The summed E-state index contributed by atoms with van der Waals surface area (Å²) in [5.41, 5.74) is 0.784. The van der Waals surface area contributed by atoms with Crippen LogP contribution < -0.4 is 0 Å². The fraction of sp³-hybridized carbons (Fsp3) is 0.857. The Balaban J connectivity index is 1.87. The number of hydrogen-bond acceptors (Lipinski definition) is 0. The normalized spacial score (nSPS) is 38.3. The molecule has 0 radical (unpaired) electrons. The van der Waals surface area contributed by atoms with Gasteiger partial charge in [-0.05, 0) is 69.1 Å². The van der Waals surface area contributed by atoms with E-state index in [1.165, 1.54) is 38.5 Å². The molecule has 2 aliphatic carbocycles. The van der Waals surface area contributed by atoms with Gasteiger partial charge < -0.3 is 0 Å². The smallest absolute Gasteiger partial charge is 0.0269 e. The Kier molecular flexibility index (Phi) is 2.99. The van der Waals surface area contributed by atoms with Crippen molar-refractivity contribution in [3.05, 3.63) is 12.2 Å². The molecule has 2 rings (SSSR count). The van der Waals surface area contributed by atoms with Gasteiger partial charge in [0, 0.05) is 0 Å². The highest BCUT2D eigenvalue weighted by molar-refractivity contribution is 4.98. The van der Waals surface area contributed by atoms with Crippen LogP contribution in [0.1, 0.15) is 58.8 Å².